The van der Waals surface area contributed by atoms with Crippen LogP contribution in [0.15, 0.2) is 117 Å². The van der Waals surface area contributed by atoms with Crippen LogP contribution in [0.3, 0.4) is 0 Å². The molecule has 55 heavy (non-hydrogen) atoms. The Bertz CT molecular complexity index is 1750. The van der Waals surface area contributed by atoms with Crippen LogP contribution in [-0.2, 0) is 28.6 Å². The van der Waals surface area contributed by atoms with Gasteiger partial charge in [0.2, 0.25) is 6.29 Å². The second-order valence-electron chi connectivity index (χ2n) is 16.4. The van der Waals surface area contributed by atoms with Gasteiger partial charge in [0.05, 0.1) is 0 Å². The maximum absolute atomic E-state index is 12.9. The van der Waals surface area contributed by atoms with E-state index in [1.807, 2.05) is 26.0 Å². The number of hydrogen-bond donors (Lipinski definition) is 3. The molecule has 0 unspecified atom stereocenters. The van der Waals surface area contributed by atoms with E-state index < -0.39 is 48.6 Å². The van der Waals surface area contributed by atoms with E-state index in [2.05, 4.69) is 65.8 Å². The standard InChI is InChI=1S/C46H62O9/c1-29(21-23-35-33(5)19-13-25-45(35,7)8)15-11-17-31(3)27-37(47)53-42-40(50)39(49)41(43(51)52)55-44(42)54-38(48)28-32(4)18-12-16-30(2)22-24-36-34(6)20-14-26-46(36,9)10/h11-12,15-18,21-24,27-28,39-42,44,49-50H,13-14,19-20,25-26H2,1-10H3,(H,51,52)/t39-,40-,41-,42+,44+/m0/s1. The summed E-state index contributed by atoms with van der Waals surface area (Å²) in [7, 11) is 0. The van der Waals surface area contributed by atoms with E-state index in [0.717, 1.165) is 42.9 Å². The Morgan fingerprint density at radius 2 is 1.11 bits per heavy atom. The summed E-state index contributed by atoms with van der Waals surface area (Å²) < 4.78 is 16.1. The van der Waals surface area contributed by atoms with Crippen molar-refractivity contribution in [3.05, 3.63) is 117 Å². The molecule has 3 aliphatic rings. The highest BCUT2D eigenvalue weighted by molar-refractivity contribution is 5.84. The monoisotopic (exact) mass is 758 g/mol. The van der Waals surface area contributed by atoms with Gasteiger partial charge in [0.1, 0.15) is 12.2 Å². The van der Waals surface area contributed by atoms with Crippen molar-refractivity contribution >= 4 is 17.9 Å². The summed E-state index contributed by atoms with van der Waals surface area (Å²) in [6.07, 6.45) is 19.3. The molecule has 0 aromatic carbocycles. The molecule has 0 radical (unpaired) electrons. The summed E-state index contributed by atoms with van der Waals surface area (Å²) in [5.74, 6) is -3.42. The fourth-order valence-corrected chi connectivity index (χ4v) is 7.31. The number of carbonyl (C=O) groups is 3. The van der Waals surface area contributed by atoms with Gasteiger partial charge in [-0.1, -0.05) is 111 Å². The summed E-state index contributed by atoms with van der Waals surface area (Å²) in [6.45, 7) is 20.8. The quantitative estimate of drug-likeness (QED) is 0.0954. The number of carboxylic acids is 1. The van der Waals surface area contributed by atoms with Crippen LogP contribution in [0.4, 0.5) is 0 Å². The molecule has 300 valence electrons. The van der Waals surface area contributed by atoms with E-state index in [0.29, 0.717) is 11.1 Å². The van der Waals surface area contributed by atoms with E-state index >= 15 is 0 Å². The third-order valence-corrected chi connectivity index (χ3v) is 10.5. The summed E-state index contributed by atoms with van der Waals surface area (Å²) >= 11 is 0. The molecule has 1 saturated heterocycles. The molecule has 2 aliphatic carbocycles. The molecule has 0 amide bonds. The normalized spacial score (nSPS) is 27.2. The van der Waals surface area contributed by atoms with Crippen LogP contribution in [0, 0.1) is 10.8 Å². The maximum Gasteiger partial charge on any atom is 0.335 e. The molecule has 0 aromatic heterocycles. The van der Waals surface area contributed by atoms with E-state index in [1.165, 1.54) is 41.2 Å². The summed E-state index contributed by atoms with van der Waals surface area (Å²) in [5.41, 5.74) is 8.90. The molecule has 9 nitrogen and oxygen atoms in total. The van der Waals surface area contributed by atoms with E-state index in [1.54, 1.807) is 38.2 Å². The van der Waals surface area contributed by atoms with Crippen molar-refractivity contribution in [2.45, 2.75) is 138 Å². The van der Waals surface area contributed by atoms with Gasteiger partial charge in [0.15, 0.2) is 12.2 Å². The van der Waals surface area contributed by atoms with Crippen LogP contribution in [0.5, 0.6) is 0 Å². The Morgan fingerprint density at radius 3 is 1.53 bits per heavy atom. The maximum atomic E-state index is 12.9. The van der Waals surface area contributed by atoms with Crippen LogP contribution in [0.25, 0.3) is 0 Å². The Kier molecular flexibility index (Phi) is 16.4. The van der Waals surface area contributed by atoms with Gasteiger partial charge in [-0.15, -0.1) is 0 Å². The molecule has 5 atom stereocenters. The number of aliphatic hydroxyl groups excluding tert-OH is 2. The average molecular weight is 759 g/mol. The lowest BCUT2D eigenvalue weighted by Gasteiger charge is -2.39. The molecular formula is C46H62O9. The zero-order valence-electron chi connectivity index (χ0n) is 34.3. The number of allylic oxidation sites excluding steroid dienone is 18. The van der Waals surface area contributed by atoms with Gasteiger partial charge in [-0.05, 0) is 113 Å². The van der Waals surface area contributed by atoms with Crippen LogP contribution < -0.4 is 0 Å². The first-order chi connectivity index (χ1) is 25.7. The second kappa shape index (κ2) is 20.0. The number of ether oxygens (including phenoxy) is 3. The third-order valence-electron chi connectivity index (χ3n) is 10.5. The van der Waals surface area contributed by atoms with E-state index in [-0.39, 0.29) is 10.8 Å². The minimum absolute atomic E-state index is 0.137. The number of carboxylic acid groups (broad SMARTS) is 1. The highest BCUT2D eigenvalue weighted by Gasteiger charge is 2.51. The van der Waals surface area contributed by atoms with Crippen molar-refractivity contribution in [1.82, 2.24) is 0 Å². The molecule has 9 heteroatoms. The van der Waals surface area contributed by atoms with Crippen molar-refractivity contribution in [3.63, 3.8) is 0 Å². The van der Waals surface area contributed by atoms with Gasteiger partial charge in [0.25, 0.3) is 0 Å². The number of aliphatic hydroxyl groups is 2. The zero-order valence-corrected chi connectivity index (χ0v) is 34.3. The van der Waals surface area contributed by atoms with Gasteiger partial charge < -0.3 is 29.5 Å². The smallest absolute Gasteiger partial charge is 0.335 e. The van der Waals surface area contributed by atoms with Crippen LogP contribution in [-0.4, -0.2) is 63.9 Å². The minimum Gasteiger partial charge on any atom is -0.479 e. The summed E-state index contributed by atoms with van der Waals surface area (Å²) in [4.78, 5) is 37.6. The van der Waals surface area contributed by atoms with Crippen LogP contribution >= 0.6 is 0 Å². The Balaban J connectivity index is 1.67. The molecule has 0 spiro atoms. The minimum atomic E-state index is -1.95. The van der Waals surface area contributed by atoms with Gasteiger partial charge in [-0.25, -0.2) is 14.4 Å². The van der Waals surface area contributed by atoms with Gasteiger partial charge in [-0.3, -0.25) is 0 Å². The van der Waals surface area contributed by atoms with Crippen molar-refractivity contribution in [1.29, 1.82) is 0 Å². The Morgan fingerprint density at radius 1 is 0.673 bits per heavy atom. The second-order valence-corrected chi connectivity index (χ2v) is 16.4. The lowest BCUT2D eigenvalue weighted by molar-refractivity contribution is -0.287. The molecule has 1 aliphatic heterocycles. The predicted octanol–water partition coefficient (Wildman–Crippen LogP) is 9.04. The topological polar surface area (TPSA) is 140 Å². The first-order valence-electron chi connectivity index (χ1n) is 19.2. The first kappa shape index (κ1) is 45.1. The predicted molar refractivity (Wildman–Crippen MR) is 217 cm³/mol. The van der Waals surface area contributed by atoms with Crippen molar-refractivity contribution in [2.24, 2.45) is 10.8 Å². The lowest BCUT2D eigenvalue weighted by atomic mass is 9.72. The molecule has 3 N–H and O–H groups in total. The fraction of sp³-hybridized carbons (Fsp3) is 0.500. The van der Waals surface area contributed by atoms with Crippen molar-refractivity contribution in [3.8, 4) is 0 Å². The number of rotatable bonds is 13. The number of aliphatic carboxylic acids is 1. The highest BCUT2D eigenvalue weighted by Crippen LogP contribution is 2.42. The number of hydrogen-bond acceptors (Lipinski definition) is 8. The van der Waals surface area contributed by atoms with Crippen LogP contribution in [0.1, 0.15) is 108 Å². The van der Waals surface area contributed by atoms with Gasteiger partial charge in [0, 0.05) is 12.2 Å². The number of carbonyl (C=O) groups excluding carboxylic acids is 2. The van der Waals surface area contributed by atoms with Gasteiger partial charge in [-0.2, -0.15) is 0 Å². The molecular weight excluding hydrogens is 696 g/mol. The van der Waals surface area contributed by atoms with Gasteiger partial charge >= 0.3 is 17.9 Å². The molecule has 0 bridgehead atoms. The molecule has 3 rings (SSSR count). The van der Waals surface area contributed by atoms with E-state index in [4.69, 9.17) is 14.2 Å². The lowest BCUT2D eigenvalue weighted by Crippen LogP contribution is -2.61. The third kappa shape index (κ3) is 13.4. The zero-order chi connectivity index (χ0) is 41.1. The van der Waals surface area contributed by atoms with Crippen molar-refractivity contribution < 1.29 is 43.9 Å². The molecule has 1 heterocycles. The Labute approximate surface area is 327 Å². The molecule has 0 aromatic rings. The highest BCUT2D eigenvalue weighted by atomic mass is 16.7. The largest absolute Gasteiger partial charge is 0.479 e. The van der Waals surface area contributed by atoms with Crippen molar-refractivity contribution in [2.75, 3.05) is 0 Å². The van der Waals surface area contributed by atoms with Crippen LogP contribution in [0.2, 0.25) is 0 Å². The van der Waals surface area contributed by atoms with E-state index in [9.17, 15) is 29.7 Å². The first-order valence-corrected chi connectivity index (χ1v) is 19.2. The summed E-state index contributed by atoms with van der Waals surface area (Å²) in [5, 5.41) is 30.8. The number of esters is 2. The summed E-state index contributed by atoms with van der Waals surface area (Å²) in [6, 6.07) is 0. The Hall–Kier alpha value is -4.31. The SMILES string of the molecule is CC(C=CC1=C(C)CCCC1(C)C)=CC=CC(C)=CC(=O)O[C@@H]1O[C@H](C(=O)O)[C@@H](O)[C@H](O)[C@H]1OC(=O)C=C(C)C=CC=C(C)C=CC1=C(C)CCCC1(C)C. The average Bonchev–Trinajstić information content (AvgIpc) is 3.06. The fourth-order valence-electron chi connectivity index (χ4n) is 7.31. The molecule has 0 saturated carbocycles. The molecule has 1 fully saturated rings.